The minimum atomic E-state index is -0.0195. The zero-order valence-electron chi connectivity index (χ0n) is 11.1. The van der Waals surface area contributed by atoms with E-state index in [-0.39, 0.29) is 12.5 Å². The first-order valence-corrected chi connectivity index (χ1v) is 6.68. The standard InChI is InChI=1S/C16H19NO2/c1-12-10-15(12)11-17-16(19)14-7-5-13(6-8-14)4-2-3-9-18/h5-8,12,15,18H,3,9-11H2,1H3,(H,17,19). The second-order valence-corrected chi connectivity index (χ2v) is 5.04. The molecule has 19 heavy (non-hydrogen) atoms. The van der Waals surface area contributed by atoms with Crippen molar-refractivity contribution < 1.29 is 9.90 Å². The van der Waals surface area contributed by atoms with E-state index >= 15 is 0 Å². The number of carbonyl (C=O) groups excluding carboxylic acids is 1. The predicted octanol–water partition coefficient (Wildman–Crippen LogP) is 1.81. The van der Waals surface area contributed by atoms with E-state index in [1.54, 1.807) is 12.1 Å². The molecule has 1 amide bonds. The van der Waals surface area contributed by atoms with Crippen LogP contribution in [-0.4, -0.2) is 24.2 Å². The van der Waals surface area contributed by atoms with Gasteiger partial charge in [0.25, 0.3) is 5.91 Å². The molecule has 1 aromatic rings. The van der Waals surface area contributed by atoms with Crippen molar-refractivity contribution in [3.8, 4) is 11.8 Å². The van der Waals surface area contributed by atoms with Crippen LogP contribution >= 0.6 is 0 Å². The molecule has 1 fully saturated rings. The van der Waals surface area contributed by atoms with Crippen molar-refractivity contribution in [1.82, 2.24) is 5.32 Å². The number of amides is 1. The summed E-state index contributed by atoms with van der Waals surface area (Å²) in [6.45, 7) is 3.06. The highest BCUT2D eigenvalue weighted by atomic mass is 16.2. The zero-order valence-corrected chi connectivity index (χ0v) is 11.1. The molecule has 2 rings (SSSR count). The molecule has 2 unspecified atom stereocenters. The first-order chi connectivity index (χ1) is 9.20. The van der Waals surface area contributed by atoms with Crippen LogP contribution in [-0.2, 0) is 0 Å². The summed E-state index contributed by atoms with van der Waals surface area (Å²) in [4.78, 5) is 11.9. The lowest BCUT2D eigenvalue weighted by Crippen LogP contribution is -2.25. The van der Waals surface area contributed by atoms with Crippen LogP contribution in [0.4, 0.5) is 0 Å². The Morgan fingerprint density at radius 1 is 1.42 bits per heavy atom. The topological polar surface area (TPSA) is 49.3 Å². The van der Waals surface area contributed by atoms with E-state index in [4.69, 9.17) is 5.11 Å². The number of carbonyl (C=O) groups is 1. The third-order valence-corrected chi connectivity index (χ3v) is 3.42. The van der Waals surface area contributed by atoms with Gasteiger partial charge in [-0.25, -0.2) is 0 Å². The Labute approximate surface area is 114 Å². The third-order valence-electron chi connectivity index (χ3n) is 3.42. The fourth-order valence-corrected chi connectivity index (χ4v) is 1.93. The highest BCUT2D eigenvalue weighted by Gasteiger charge is 2.32. The van der Waals surface area contributed by atoms with Crippen LogP contribution in [0.2, 0.25) is 0 Å². The SMILES string of the molecule is CC1CC1CNC(=O)c1ccc(C#CCCO)cc1. The maximum Gasteiger partial charge on any atom is 0.251 e. The van der Waals surface area contributed by atoms with Gasteiger partial charge in [-0.2, -0.15) is 0 Å². The number of nitrogens with one attached hydrogen (secondary N) is 1. The summed E-state index contributed by atoms with van der Waals surface area (Å²) in [5.74, 6) is 7.18. The average Bonchev–Trinajstić information content (AvgIpc) is 3.13. The van der Waals surface area contributed by atoms with Gasteiger partial charge in [-0.05, 0) is 42.5 Å². The van der Waals surface area contributed by atoms with Gasteiger partial charge in [0.2, 0.25) is 0 Å². The lowest BCUT2D eigenvalue weighted by atomic mass is 10.1. The minimum absolute atomic E-state index is 0.0195. The molecular formula is C16H19NO2. The Bertz CT molecular complexity index is 496. The molecule has 0 radical (unpaired) electrons. The second kappa shape index (κ2) is 6.40. The summed E-state index contributed by atoms with van der Waals surface area (Å²) in [5.41, 5.74) is 1.53. The van der Waals surface area contributed by atoms with Gasteiger partial charge in [0, 0.05) is 24.1 Å². The lowest BCUT2D eigenvalue weighted by molar-refractivity contribution is 0.0951. The lowest BCUT2D eigenvalue weighted by Gasteiger charge is -2.04. The molecule has 1 aliphatic carbocycles. The van der Waals surface area contributed by atoms with Crippen LogP contribution in [0.15, 0.2) is 24.3 Å². The summed E-state index contributed by atoms with van der Waals surface area (Å²) in [6, 6.07) is 7.24. The van der Waals surface area contributed by atoms with Gasteiger partial charge in [-0.1, -0.05) is 18.8 Å². The molecule has 2 N–H and O–H groups in total. The summed E-state index contributed by atoms with van der Waals surface area (Å²) in [7, 11) is 0. The van der Waals surface area contributed by atoms with E-state index in [2.05, 4.69) is 24.1 Å². The Hall–Kier alpha value is -1.79. The van der Waals surface area contributed by atoms with Crippen molar-refractivity contribution in [3.63, 3.8) is 0 Å². The minimum Gasteiger partial charge on any atom is -0.395 e. The van der Waals surface area contributed by atoms with E-state index in [0.29, 0.717) is 17.9 Å². The zero-order chi connectivity index (χ0) is 13.7. The monoisotopic (exact) mass is 257 g/mol. The van der Waals surface area contributed by atoms with Crippen molar-refractivity contribution >= 4 is 5.91 Å². The van der Waals surface area contributed by atoms with Gasteiger partial charge in [0.15, 0.2) is 0 Å². The highest BCUT2D eigenvalue weighted by molar-refractivity contribution is 5.94. The summed E-state index contributed by atoms with van der Waals surface area (Å²) < 4.78 is 0. The molecule has 0 heterocycles. The number of benzene rings is 1. The van der Waals surface area contributed by atoms with Crippen molar-refractivity contribution in [1.29, 1.82) is 0 Å². The molecule has 1 saturated carbocycles. The predicted molar refractivity (Wildman–Crippen MR) is 74.6 cm³/mol. The largest absolute Gasteiger partial charge is 0.395 e. The van der Waals surface area contributed by atoms with Crippen molar-refractivity contribution in [2.45, 2.75) is 19.8 Å². The molecule has 0 saturated heterocycles. The number of hydrogen-bond acceptors (Lipinski definition) is 2. The van der Waals surface area contributed by atoms with Crippen LogP contribution < -0.4 is 5.32 Å². The van der Waals surface area contributed by atoms with E-state index in [0.717, 1.165) is 18.0 Å². The van der Waals surface area contributed by atoms with Gasteiger partial charge < -0.3 is 10.4 Å². The first kappa shape index (κ1) is 13.6. The third kappa shape index (κ3) is 4.11. The summed E-state index contributed by atoms with van der Waals surface area (Å²) in [5, 5.41) is 11.6. The van der Waals surface area contributed by atoms with Crippen LogP contribution in [0.5, 0.6) is 0 Å². The fourth-order valence-electron chi connectivity index (χ4n) is 1.93. The van der Waals surface area contributed by atoms with Crippen molar-refractivity contribution in [3.05, 3.63) is 35.4 Å². The van der Waals surface area contributed by atoms with E-state index in [9.17, 15) is 4.79 Å². The van der Waals surface area contributed by atoms with Gasteiger partial charge in [0.05, 0.1) is 6.61 Å². The molecule has 3 heteroatoms. The van der Waals surface area contributed by atoms with Crippen molar-refractivity contribution in [2.24, 2.45) is 11.8 Å². The summed E-state index contributed by atoms with van der Waals surface area (Å²) in [6.07, 6.45) is 1.70. The Balaban J connectivity index is 1.87. The Kier molecular flexibility index (Phi) is 4.59. The first-order valence-electron chi connectivity index (χ1n) is 6.68. The number of aliphatic hydroxyl groups excluding tert-OH is 1. The molecule has 0 aliphatic heterocycles. The average molecular weight is 257 g/mol. The molecule has 1 aromatic carbocycles. The van der Waals surface area contributed by atoms with Crippen LogP contribution in [0, 0.1) is 23.7 Å². The van der Waals surface area contributed by atoms with Crippen LogP contribution in [0.25, 0.3) is 0 Å². The van der Waals surface area contributed by atoms with Gasteiger partial charge >= 0.3 is 0 Å². The van der Waals surface area contributed by atoms with Crippen molar-refractivity contribution in [2.75, 3.05) is 13.2 Å². The highest BCUT2D eigenvalue weighted by Crippen LogP contribution is 2.36. The molecule has 0 bridgehead atoms. The maximum atomic E-state index is 11.9. The Morgan fingerprint density at radius 3 is 2.68 bits per heavy atom. The molecule has 2 atom stereocenters. The fraction of sp³-hybridized carbons (Fsp3) is 0.438. The Morgan fingerprint density at radius 2 is 2.11 bits per heavy atom. The van der Waals surface area contributed by atoms with E-state index < -0.39 is 0 Å². The number of aliphatic hydroxyl groups is 1. The molecule has 0 aromatic heterocycles. The van der Waals surface area contributed by atoms with Gasteiger partial charge in [-0.3, -0.25) is 4.79 Å². The number of hydrogen-bond donors (Lipinski definition) is 2. The van der Waals surface area contributed by atoms with E-state index in [1.807, 2.05) is 12.1 Å². The van der Waals surface area contributed by atoms with E-state index in [1.165, 1.54) is 6.42 Å². The maximum absolute atomic E-state index is 11.9. The van der Waals surface area contributed by atoms with Gasteiger partial charge in [0.1, 0.15) is 0 Å². The number of rotatable bonds is 4. The second-order valence-electron chi connectivity index (χ2n) is 5.04. The molecule has 0 spiro atoms. The van der Waals surface area contributed by atoms with Crippen LogP contribution in [0.3, 0.4) is 0 Å². The normalized spacial score (nSPS) is 20.3. The molecular weight excluding hydrogens is 238 g/mol. The molecule has 100 valence electrons. The molecule has 3 nitrogen and oxygen atoms in total. The molecule has 1 aliphatic rings. The smallest absolute Gasteiger partial charge is 0.251 e. The van der Waals surface area contributed by atoms with Crippen LogP contribution in [0.1, 0.15) is 35.7 Å². The quantitative estimate of drug-likeness (QED) is 0.808. The van der Waals surface area contributed by atoms with Gasteiger partial charge in [-0.15, -0.1) is 0 Å². The summed E-state index contributed by atoms with van der Waals surface area (Å²) >= 11 is 0.